The van der Waals surface area contributed by atoms with Gasteiger partial charge in [-0.25, -0.2) is 0 Å². The molecule has 1 saturated carbocycles. The van der Waals surface area contributed by atoms with Crippen molar-refractivity contribution in [2.75, 3.05) is 0 Å². The number of hydrogen-bond donors (Lipinski definition) is 2. The fourth-order valence-corrected chi connectivity index (χ4v) is 5.13. The molecule has 2 N–H and O–H groups in total. The van der Waals surface area contributed by atoms with Crippen molar-refractivity contribution in [1.82, 2.24) is 15.5 Å². The van der Waals surface area contributed by atoms with Gasteiger partial charge in [0.1, 0.15) is 6.04 Å². The minimum absolute atomic E-state index is 0.0387. The summed E-state index contributed by atoms with van der Waals surface area (Å²) in [4.78, 5) is 63.1. The van der Waals surface area contributed by atoms with E-state index in [1.54, 1.807) is 18.2 Å². The second-order valence-corrected chi connectivity index (χ2v) is 8.39. The monoisotopic (exact) mass is 407 g/mol. The fourth-order valence-electron chi connectivity index (χ4n) is 5.13. The zero-order valence-corrected chi connectivity index (χ0v) is 16.2. The number of rotatable bonds is 4. The third-order valence-corrected chi connectivity index (χ3v) is 6.62. The molecule has 2 fully saturated rings. The normalized spacial score (nSPS) is 29.4. The summed E-state index contributed by atoms with van der Waals surface area (Å²) in [6, 6.07) is 3.92. The van der Waals surface area contributed by atoms with Crippen LogP contribution >= 0.6 is 0 Å². The highest BCUT2D eigenvalue weighted by Crippen LogP contribution is 2.43. The molecule has 2 heterocycles. The van der Waals surface area contributed by atoms with Crippen molar-refractivity contribution in [3.8, 4) is 0 Å². The van der Waals surface area contributed by atoms with E-state index in [1.165, 1.54) is 0 Å². The SMILES string of the molecule is O=C1CCC(N2C(=O)c3cccc(CNC(=O)C4C[C@@H]5C=C[C@H]4C5)c3C2=O)C(=O)N1. The molecule has 30 heavy (non-hydrogen) atoms. The van der Waals surface area contributed by atoms with E-state index in [4.69, 9.17) is 0 Å². The molecular formula is C22H21N3O5. The van der Waals surface area contributed by atoms with Gasteiger partial charge in [0.05, 0.1) is 11.1 Å². The second kappa shape index (κ2) is 6.90. The highest BCUT2D eigenvalue weighted by atomic mass is 16.2. The minimum atomic E-state index is -1.00. The highest BCUT2D eigenvalue weighted by Gasteiger charge is 2.45. The van der Waals surface area contributed by atoms with Crippen LogP contribution in [0.3, 0.4) is 0 Å². The average molecular weight is 407 g/mol. The molecule has 1 saturated heterocycles. The van der Waals surface area contributed by atoms with Crippen LogP contribution in [0.15, 0.2) is 30.4 Å². The Kier molecular flexibility index (Phi) is 4.30. The van der Waals surface area contributed by atoms with Gasteiger partial charge in [-0.15, -0.1) is 0 Å². The molecule has 0 spiro atoms. The molecule has 2 unspecified atom stereocenters. The summed E-state index contributed by atoms with van der Waals surface area (Å²) in [5, 5.41) is 5.11. The predicted octanol–water partition coefficient (Wildman–Crippen LogP) is 0.916. The first-order chi connectivity index (χ1) is 14.4. The van der Waals surface area contributed by atoms with Gasteiger partial charge in [0.15, 0.2) is 0 Å². The Morgan fingerprint density at radius 3 is 2.63 bits per heavy atom. The van der Waals surface area contributed by atoms with Gasteiger partial charge in [0.25, 0.3) is 11.8 Å². The van der Waals surface area contributed by atoms with Crippen molar-refractivity contribution in [3.63, 3.8) is 0 Å². The van der Waals surface area contributed by atoms with Crippen molar-refractivity contribution in [2.45, 2.75) is 38.3 Å². The summed E-state index contributed by atoms with van der Waals surface area (Å²) < 4.78 is 0. The summed E-state index contributed by atoms with van der Waals surface area (Å²) >= 11 is 0. The fraction of sp³-hybridized carbons (Fsp3) is 0.409. The number of carbonyl (C=O) groups is 5. The Morgan fingerprint density at radius 1 is 1.10 bits per heavy atom. The van der Waals surface area contributed by atoms with Crippen LogP contribution in [0, 0.1) is 17.8 Å². The van der Waals surface area contributed by atoms with E-state index in [0.717, 1.165) is 17.7 Å². The molecular weight excluding hydrogens is 386 g/mol. The average Bonchev–Trinajstić information content (AvgIpc) is 3.42. The molecule has 2 aliphatic heterocycles. The summed E-state index contributed by atoms with van der Waals surface area (Å²) in [5.41, 5.74) is 0.993. The number of allylic oxidation sites excluding steroid dienone is 2. The van der Waals surface area contributed by atoms with Gasteiger partial charge < -0.3 is 5.32 Å². The summed E-state index contributed by atoms with van der Waals surface area (Å²) in [6.45, 7) is 0.141. The van der Waals surface area contributed by atoms with E-state index < -0.39 is 29.7 Å². The number of hydrogen-bond acceptors (Lipinski definition) is 5. The van der Waals surface area contributed by atoms with Crippen molar-refractivity contribution < 1.29 is 24.0 Å². The lowest BCUT2D eigenvalue weighted by molar-refractivity contribution is -0.136. The lowest BCUT2D eigenvalue weighted by Crippen LogP contribution is -2.54. The maximum absolute atomic E-state index is 13.1. The molecule has 0 radical (unpaired) electrons. The topological polar surface area (TPSA) is 113 Å². The zero-order chi connectivity index (χ0) is 21.0. The first kappa shape index (κ1) is 18.7. The number of amides is 5. The van der Waals surface area contributed by atoms with E-state index in [1.807, 2.05) is 0 Å². The van der Waals surface area contributed by atoms with Gasteiger partial charge in [0, 0.05) is 18.9 Å². The number of piperidine rings is 1. The quantitative estimate of drug-likeness (QED) is 0.569. The van der Waals surface area contributed by atoms with E-state index in [-0.39, 0.29) is 48.3 Å². The molecule has 4 atom stereocenters. The number of nitrogens with zero attached hydrogens (tertiary/aromatic N) is 1. The molecule has 5 rings (SSSR count). The van der Waals surface area contributed by atoms with Crippen molar-refractivity contribution in [2.24, 2.45) is 17.8 Å². The smallest absolute Gasteiger partial charge is 0.262 e. The number of fused-ring (bicyclic) bond motifs is 3. The first-order valence-corrected chi connectivity index (χ1v) is 10.2. The van der Waals surface area contributed by atoms with Crippen LogP contribution in [0.2, 0.25) is 0 Å². The maximum atomic E-state index is 13.1. The molecule has 8 heteroatoms. The first-order valence-electron chi connectivity index (χ1n) is 10.2. The molecule has 1 aromatic carbocycles. The van der Waals surface area contributed by atoms with Crippen LogP contribution in [0.5, 0.6) is 0 Å². The van der Waals surface area contributed by atoms with Gasteiger partial charge in [-0.1, -0.05) is 24.3 Å². The van der Waals surface area contributed by atoms with Crippen LogP contribution in [0.4, 0.5) is 0 Å². The highest BCUT2D eigenvalue weighted by molar-refractivity contribution is 6.24. The second-order valence-electron chi connectivity index (χ2n) is 8.39. The van der Waals surface area contributed by atoms with Crippen LogP contribution in [-0.2, 0) is 20.9 Å². The number of carbonyl (C=O) groups excluding carboxylic acids is 5. The molecule has 2 bridgehead atoms. The maximum Gasteiger partial charge on any atom is 0.262 e. The van der Waals surface area contributed by atoms with Crippen LogP contribution in [-0.4, -0.2) is 40.5 Å². The molecule has 154 valence electrons. The van der Waals surface area contributed by atoms with E-state index in [2.05, 4.69) is 22.8 Å². The largest absolute Gasteiger partial charge is 0.352 e. The Hall–Kier alpha value is -3.29. The minimum Gasteiger partial charge on any atom is -0.352 e. The van der Waals surface area contributed by atoms with E-state index in [9.17, 15) is 24.0 Å². The summed E-state index contributed by atoms with van der Waals surface area (Å²) in [5.74, 6) is -1.48. The third-order valence-electron chi connectivity index (χ3n) is 6.62. The van der Waals surface area contributed by atoms with Gasteiger partial charge in [0.2, 0.25) is 17.7 Å². The third kappa shape index (κ3) is 2.86. The Balaban J connectivity index is 1.34. The van der Waals surface area contributed by atoms with Gasteiger partial charge in [-0.2, -0.15) is 0 Å². The van der Waals surface area contributed by atoms with Crippen LogP contribution in [0.25, 0.3) is 0 Å². The van der Waals surface area contributed by atoms with Crippen LogP contribution < -0.4 is 10.6 Å². The summed E-state index contributed by atoms with van der Waals surface area (Å²) in [7, 11) is 0. The molecule has 5 amide bonds. The molecule has 1 aromatic rings. The summed E-state index contributed by atoms with van der Waals surface area (Å²) in [6.07, 6.45) is 6.34. The van der Waals surface area contributed by atoms with Crippen molar-refractivity contribution >= 4 is 29.5 Å². The molecule has 4 aliphatic rings. The molecule has 8 nitrogen and oxygen atoms in total. The number of imide groups is 2. The van der Waals surface area contributed by atoms with Gasteiger partial charge >= 0.3 is 0 Å². The Bertz CT molecular complexity index is 1030. The lowest BCUT2D eigenvalue weighted by atomic mass is 9.92. The molecule has 2 aliphatic carbocycles. The van der Waals surface area contributed by atoms with Gasteiger partial charge in [-0.3, -0.25) is 34.2 Å². The standard InChI is InChI=1S/C22H21N3O5/c26-17-7-6-16(20(28)24-17)25-21(29)14-3-1-2-13(18(14)22(25)30)10-23-19(27)15-9-11-4-5-12(15)8-11/h1-5,11-12,15-16H,6-10H2,(H,23,27)(H,24,26,28)/t11-,12+,15?,16?/m1/s1. The molecule has 0 aromatic heterocycles. The number of benzene rings is 1. The Labute approximate surface area is 172 Å². The predicted molar refractivity (Wildman–Crippen MR) is 104 cm³/mol. The lowest BCUT2D eigenvalue weighted by Gasteiger charge is -2.27. The number of nitrogens with one attached hydrogen (secondary N) is 2. The van der Waals surface area contributed by atoms with Crippen LogP contribution in [0.1, 0.15) is 52.0 Å². The van der Waals surface area contributed by atoms with Gasteiger partial charge in [-0.05, 0) is 42.7 Å². The van der Waals surface area contributed by atoms with Crippen molar-refractivity contribution in [1.29, 1.82) is 0 Å². The Morgan fingerprint density at radius 2 is 1.93 bits per heavy atom. The van der Waals surface area contributed by atoms with E-state index >= 15 is 0 Å². The van der Waals surface area contributed by atoms with E-state index in [0.29, 0.717) is 11.5 Å². The zero-order valence-electron chi connectivity index (χ0n) is 16.2. The van der Waals surface area contributed by atoms with Crippen molar-refractivity contribution in [3.05, 3.63) is 47.0 Å².